The number of carbonyl (C=O) groups is 1. The fourth-order valence-corrected chi connectivity index (χ4v) is 1.55. The Bertz CT molecular complexity index is 553. The van der Waals surface area contributed by atoms with E-state index < -0.39 is 5.91 Å². The van der Waals surface area contributed by atoms with E-state index >= 15 is 0 Å². The fraction of sp³-hybridized carbons (Fsp3) is 0.300. The predicted octanol–water partition coefficient (Wildman–Crippen LogP) is 0.884. The number of oxazole rings is 1. The van der Waals surface area contributed by atoms with Crippen LogP contribution in [0.4, 0.5) is 0 Å². The largest absolute Gasteiger partial charge is 0.422 e. The Kier molecular flexibility index (Phi) is 2.26. The molecule has 0 aliphatic heterocycles. The lowest BCUT2D eigenvalue weighted by atomic mass is 10.4. The molecule has 0 atom stereocenters. The second-order valence-electron chi connectivity index (χ2n) is 3.59. The summed E-state index contributed by atoms with van der Waals surface area (Å²) in [7, 11) is 0. The van der Waals surface area contributed by atoms with E-state index in [1.165, 1.54) is 4.68 Å². The second kappa shape index (κ2) is 3.48. The first-order valence-electron chi connectivity index (χ1n) is 4.80. The lowest BCUT2D eigenvalue weighted by Gasteiger charge is -1.99. The number of rotatable bonds is 2. The van der Waals surface area contributed by atoms with Crippen LogP contribution in [0.2, 0.25) is 0 Å². The lowest BCUT2D eigenvalue weighted by Crippen LogP contribution is -2.15. The average molecular weight is 220 g/mol. The Labute approximate surface area is 92.1 Å². The summed E-state index contributed by atoms with van der Waals surface area (Å²) in [5.41, 5.74) is 7.01. The molecular formula is C10H12N4O2. The summed E-state index contributed by atoms with van der Waals surface area (Å²) in [5.74, 6) is 0.0337. The van der Waals surface area contributed by atoms with Gasteiger partial charge in [-0.15, -0.1) is 0 Å². The first kappa shape index (κ1) is 10.4. The molecule has 2 heterocycles. The van der Waals surface area contributed by atoms with Crippen LogP contribution >= 0.6 is 0 Å². The number of amides is 1. The summed E-state index contributed by atoms with van der Waals surface area (Å²) in [5, 5.41) is 4.21. The first-order valence-corrected chi connectivity index (χ1v) is 4.80. The molecule has 0 aliphatic rings. The zero-order chi connectivity index (χ0) is 11.9. The summed E-state index contributed by atoms with van der Waals surface area (Å²) in [6.45, 7) is 5.38. The van der Waals surface area contributed by atoms with Gasteiger partial charge in [-0.3, -0.25) is 4.79 Å². The molecule has 0 saturated carbocycles. The molecule has 2 aromatic rings. The second-order valence-corrected chi connectivity index (χ2v) is 3.59. The van der Waals surface area contributed by atoms with E-state index in [9.17, 15) is 4.79 Å². The maximum absolute atomic E-state index is 11.2. The number of primary amides is 1. The Morgan fingerprint density at radius 3 is 2.62 bits per heavy atom. The van der Waals surface area contributed by atoms with Crippen LogP contribution in [0.3, 0.4) is 0 Å². The molecule has 0 unspecified atom stereocenters. The summed E-state index contributed by atoms with van der Waals surface area (Å²) < 4.78 is 6.87. The smallest absolute Gasteiger partial charge is 0.273 e. The molecule has 0 fully saturated rings. The van der Waals surface area contributed by atoms with Crippen LogP contribution in [0.15, 0.2) is 10.5 Å². The minimum Gasteiger partial charge on any atom is -0.422 e. The van der Waals surface area contributed by atoms with Crippen LogP contribution < -0.4 is 5.73 Å². The highest BCUT2D eigenvalue weighted by atomic mass is 16.4. The average Bonchev–Trinajstić information content (AvgIpc) is 2.69. The molecule has 16 heavy (non-hydrogen) atoms. The number of nitrogens with zero attached hydrogens (tertiary/aromatic N) is 3. The van der Waals surface area contributed by atoms with E-state index in [1.807, 2.05) is 19.9 Å². The Balaban J connectivity index is 2.63. The molecule has 2 N–H and O–H groups in total. The monoisotopic (exact) mass is 220 g/mol. The molecule has 6 nitrogen and oxygen atoms in total. The summed E-state index contributed by atoms with van der Waals surface area (Å²) in [4.78, 5) is 15.1. The Morgan fingerprint density at radius 2 is 2.12 bits per heavy atom. The predicted molar refractivity (Wildman–Crippen MR) is 56.4 cm³/mol. The topological polar surface area (TPSA) is 86.9 Å². The van der Waals surface area contributed by atoms with Crippen LogP contribution in [0.1, 0.15) is 27.8 Å². The molecule has 2 aromatic heterocycles. The van der Waals surface area contributed by atoms with Gasteiger partial charge in [0.1, 0.15) is 0 Å². The molecule has 6 heteroatoms. The molecule has 0 radical (unpaired) electrons. The molecule has 0 aliphatic carbocycles. The minimum absolute atomic E-state index is 0.101. The zero-order valence-electron chi connectivity index (χ0n) is 9.31. The molecule has 0 spiro atoms. The van der Waals surface area contributed by atoms with Crippen LogP contribution in [0, 0.1) is 20.8 Å². The van der Waals surface area contributed by atoms with Gasteiger partial charge >= 0.3 is 0 Å². The molecule has 84 valence electrons. The Morgan fingerprint density at radius 1 is 1.44 bits per heavy atom. The molecule has 0 aromatic carbocycles. The van der Waals surface area contributed by atoms with Crippen LogP contribution in [-0.4, -0.2) is 20.7 Å². The summed E-state index contributed by atoms with van der Waals surface area (Å²) >= 11 is 0. The fourth-order valence-electron chi connectivity index (χ4n) is 1.55. The van der Waals surface area contributed by atoms with Gasteiger partial charge in [-0.2, -0.15) is 5.10 Å². The van der Waals surface area contributed by atoms with Gasteiger partial charge in [-0.1, -0.05) is 0 Å². The van der Waals surface area contributed by atoms with Gasteiger partial charge in [0.25, 0.3) is 11.8 Å². The number of nitrogens with two attached hydrogens (primary N) is 1. The van der Waals surface area contributed by atoms with Crippen molar-refractivity contribution in [2.75, 3.05) is 0 Å². The lowest BCUT2D eigenvalue weighted by molar-refractivity contribution is 0.0995. The summed E-state index contributed by atoms with van der Waals surface area (Å²) in [6, 6.07) is 1.88. The highest BCUT2D eigenvalue weighted by Gasteiger charge is 2.19. The van der Waals surface area contributed by atoms with Crippen molar-refractivity contribution in [2.24, 2.45) is 5.73 Å². The van der Waals surface area contributed by atoms with Crippen molar-refractivity contribution < 1.29 is 9.21 Å². The maximum Gasteiger partial charge on any atom is 0.273 e. The van der Waals surface area contributed by atoms with E-state index in [2.05, 4.69) is 10.1 Å². The van der Waals surface area contributed by atoms with E-state index in [1.54, 1.807) is 6.92 Å². The van der Waals surface area contributed by atoms with Gasteiger partial charge in [0.2, 0.25) is 0 Å². The van der Waals surface area contributed by atoms with Crippen molar-refractivity contribution >= 4 is 5.91 Å². The minimum atomic E-state index is -0.626. The molecule has 2 rings (SSSR count). The van der Waals surface area contributed by atoms with Gasteiger partial charge in [0.15, 0.2) is 11.6 Å². The molecular weight excluding hydrogens is 208 g/mol. The highest BCUT2D eigenvalue weighted by Crippen LogP contribution is 2.17. The third kappa shape index (κ3) is 1.58. The quantitative estimate of drug-likeness (QED) is 0.813. The van der Waals surface area contributed by atoms with Crippen LogP contribution in [-0.2, 0) is 0 Å². The zero-order valence-corrected chi connectivity index (χ0v) is 9.31. The van der Waals surface area contributed by atoms with E-state index in [-0.39, 0.29) is 11.6 Å². The Hall–Kier alpha value is -2.11. The maximum atomic E-state index is 11.2. The number of hydrogen-bond acceptors (Lipinski definition) is 4. The van der Waals surface area contributed by atoms with Crippen molar-refractivity contribution in [2.45, 2.75) is 20.8 Å². The molecule has 0 saturated heterocycles. The van der Waals surface area contributed by atoms with E-state index in [4.69, 9.17) is 10.2 Å². The van der Waals surface area contributed by atoms with Crippen LogP contribution in [0.25, 0.3) is 5.88 Å². The van der Waals surface area contributed by atoms with Gasteiger partial charge in [0.05, 0.1) is 5.69 Å². The van der Waals surface area contributed by atoms with Gasteiger partial charge in [-0.25, -0.2) is 9.67 Å². The SMILES string of the molecule is Cc1cc(C)n(-c2oc(C)nc2C(N)=O)n1. The number of aromatic nitrogens is 3. The van der Waals surface area contributed by atoms with Crippen molar-refractivity contribution in [3.8, 4) is 5.88 Å². The van der Waals surface area contributed by atoms with Crippen molar-refractivity contribution in [3.63, 3.8) is 0 Å². The van der Waals surface area contributed by atoms with Gasteiger partial charge in [-0.05, 0) is 19.9 Å². The van der Waals surface area contributed by atoms with Crippen molar-refractivity contribution in [3.05, 3.63) is 29.0 Å². The third-order valence-electron chi connectivity index (χ3n) is 2.15. The molecule has 0 bridgehead atoms. The highest BCUT2D eigenvalue weighted by molar-refractivity contribution is 5.93. The summed E-state index contributed by atoms with van der Waals surface area (Å²) in [6.07, 6.45) is 0. The third-order valence-corrected chi connectivity index (χ3v) is 2.15. The van der Waals surface area contributed by atoms with Crippen LogP contribution in [0.5, 0.6) is 0 Å². The number of aryl methyl sites for hydroxylation is 3. The van der Waals surface area contributed by atoms with Gasteiger partial charge < -0.3 is 10.2 Å². The normalized spacial score (nSPS) is 10.7. The van der Waals surface area contributed by atoms with Crippen molar-refractivity contribution in [1.82, 2.24) is 14.8 Å². The number of carbonyl (C=O) groups excluding carboxylic acids is 1. The van der Waals surface area contributed by atoms with Gasteiger partial charge in [0, 0.05) is 12.6 Å². The molecule has 1 amide bonds. The number of hydrogen-bond donors (Lipinski definition) is 1. The van der Waals surface area contributed by atoms with E-state index in [0.29, 0.717) is 5.89 Å². The van der Waals surface area contributed by atoms with Crippen molar-refractivity contribution in [1.29, 1.82) is 0 Å². The first-order chi connectivity index (χ1) is 7.49. The van der Waals surface area contributed by atoms with E-state index in [0.717, 1.165) is 11.4 Å². The standard InChI is InChI=1S/C10H12N4O2/c1-5-4-6(2)14(13-5)10-8(9(11)15)12-7(3)16-10/h4H,1-3H3,(H2,11,15).